The summed E-state index contributed by atoms with van der Waals surface area (Å²) >= 11 is 0. The number of unbranched alkanes of at least 4 members (excludes halogenated alkanes) is 9. The number of nitrogens with zero attached hydrogens (tertiary/aromatic N) is 1. The number of carbonyl (C=O) groups excluding carboxylic acids is 1. The van der Waals surface area contributed by atoms with Gasteiger partial charge < -0.3 is 20.1 Å². The van der Waals surface area contributed by atoms with E-state index in [-0.39, 0.29) is 25.8 Å². The summed E-state index contributed by atoms with van der Waals surface area (Å²) in [5.74, 6) is -3.66. The lowest BCUT2D eigenvalue weighted by Gasteiger charge is -2.51. The third-order valence-corrected chi connectivity index (χ3v) is 6.64. The third kappa shape index (κ3) is 8.79. The minimum atomic E-state index is -1.37. The van der Waals surface area contributed by atoms with Gasteiger partial charge in [0.15, 0.2) is 12.1 Å². The summed E-state index contributed by atoms with van der Waals surface area (Å²) in [6.45, 7) is 7.44. The highest BCUT2D eigenvalue weighted by molar-refractivity contribution is 5.77. The van der Waals surface area contributed by atoms with E-state index in [9.17, 15) is 29.7 Å². The van der Waals surface area contributed by atoms with Crippen LogP contribution in [-0.4, -0.2) is 57.3 Å². The number of hydrogen-bond acceptors (Lipinski definition) is 4. The van der Waals surface area contributed by atoms with Crippen molar-refractivity contribution in [2.24, 2.45) is 0 Å². The molecule has 0 aliphatic carbocycles. The van der Waals surface area contributed by atoms with Crippen LogP contribution in [0, 0.1) is 0 Å². The molecule has 0 radical (unpaired) electrons. The van der Waals surface area contributed by atoms with Gasteiger partial charge in [0.05, 0.1) is 12.5 Å². The second-order valence-corrected chi connectivity index (χ2v) is 8.67. The lowest BCUT2D eigenvalue weighted by Crippen LogP contribution is -2.73. The second-order valence-electron chi connectivity index (χ2n) is 8.67. The summed E-state index contributed by atoms with van der Waals surface area (Å²) < 4.78 is -0.465. The topological polar surface area (TPSA) is 115 Å². The van der Waals surface area contributed by atoms with Crippen molar-refractivity contribution in [2.45, 2.75) is 129 Å². The largest absolute Gasteiger partial charge is 0.544 e. The maximum Gasteiger partial charge on any atom is 0.362 e. The Bertz CT molecular complexity index is 481. The Hall–Kier alpha value is -1.63. The van der Waals surface area contributed by atoms with Crippen LogP contribution >= 0.6 is 0 Å². The first-order valence-electron chi connectivity index (χ1n) is 12.3. The van der Waals surface area contributed by atoms with Gasteiger partial charge in [-0.3, -0.25) is 4.48 Å². The van der Waals surface area contributed by atoms with E-state index in [2.05, 4.69) is 6.92 Å². The summed E-state index contributed by atoms with van der Waals surface area (Å²) in [6.07, 6.45) is 11.4. The van der Waals surface area contributed by atoms with Gasteiger partial charge >= 0.3 is 11.9 Å². The molecule has 182 valence electrons. The first-order chi connectivity index (χ1) is 14.7. The quantitative estimate of drug-likeness (QED) is 0.217. The van der Waals surface area contributed by atoms with Gasteiger partial charge in [-0.2, -0.15) is 0 Å². The molecule has 0 saturated carbocycles. The minimum Gasteiger partial charge on any atom is -0.544 e. The highest BCUT2D eigenvalue weighted by atomic mass is 16.4. The fourth-order valence-corrected chi connectivity index (χ4v) is 5.14. The zero-order valence-corrected chi connectivity index (χ0v) is 20.1. The zero-order valence-electron chi connectivity index (χ0n) is 20.1. The van der Waals surface area contributed by atoms with Crippen LogP contribution in [-0.2, 0) is 14.4 Å². The molecule has 7 heteroatoms. The van der Waals surface area contributed by atoms with Gasteiger partial charge in [-0.1, -0.05) is 79.1 Å². The molecule has 0 fully saturated rings. The molecule has 0 saturated heterocycles. The molecular weight excluding hydrogens is 398 g/mol. The van der Waals surface area contributed by atoms with Gasteiger partial charge in [-0.25, -0.2) is 9.59 Å². The number of quaternary nitrogens is 1. The van der Waals surface area contributed by atoms with E-state index >= 15 is 0 Å². The molecule has 7 nitrogen and oxygen atoms in total. The molecule has 0 aliphatic rings. The number of carbonyl (C=O) groups is 3. The van der Waals surface area contributed by atoms with Gasteiger partial charge in [0.1, 0.15) is 6.04 Å². The summed E-state index contributed by atoms with van der Waals surface area (Å²) in [5.41, 5.74) is 0. The number of carboxylic acid groups (broad SMARTS) is 3. The Kier molecular flexibility index (Phi) is 15.2. The molecule has 0 spiro atoms. The van der Waals surface area contributed by atoms with Crippen molar-refractivity contribution in [2.75, 3.05) is 6.54 Å². The average Bonchev–Trinajstić information content (AvgIpc) is 2.69. The van der Waals surface area contributed by atoms with Gasteiger partial charge in [0.25, 0.3) is 0 Å². The fourth-order valence-electron chi connectivity index (χ4n) is 5.14. The van der Waals surface area contributed by atoms with Gasteiger partial charge in [-0.15, -0.1) is 0 Å². The normalized spacial score (nSPS) is 16.3. The molecule has 31 heavy (non-hydrogen) atoms. The molecule has 2 N–H and O–H groups in total. The monoisotopic (exact) mass is 443 g/mol. The molecule has 0 amide bonds. The molecule has 0 aromatic heterocycles. The predicted octanol–water partition coefficient (Wildman–Crippen LogP) is 3.98. The lowest BCUT2D eigenvalue weighted by molar-refractivity contribution is -0.974. The van der Waals surface area contributed by atoms with Crippen molar-refractivity contribution < 1.29 is 34.2 Å². The van der Waals surface area contributed by atoms with Crippen molar-refractivity contribution in [3.05, 3.63) is 0 Å². The molecule has 0 aliphatic heterocycles. The lowest BCUT2D eigenvalue weighted by atomic mass is 9.93. The molecule has 0 aromatic rings. The highest BCUT2D eigenvalue weighted by Crippen LogP contribution is 2.32. The Morgan fingerprint density at radius 1 is 0.645 bits per heavy atom. The van der Waals surface area contributed by atoms with E-state index in [4.69, 9.17) is 0 Å². The van der Waals surface area contributed by atoms with Crippen LogP contribution in [0.5, 0.6) is 0 Å². The van der Waals surface area contributed by atoms with Crippen LogP contribution in [0.1, 0.15) is 111 Å². The third-order valence-electron chi connectivity index (χ3n) is 6.64. The van der Waals surface area contributed by atoms with Crippen LogP contribution in [0.25, 0.3) is 0 Å². The van der Waals surface area contributed by atoms with Crippen LogP contribution in [0.3, 0.4) is 0 Å². The first kappa shape index (κ1) is 29.4. The summed E-state index contributed by atoms with van der Waals surface area (Å²) in [5, 5.41) is 31.8. The highest BCUT2D eigenvalue weighted by Gasteiger charge is 2.53. The van der Waals surface area contributed by atoms with Gasteiger partial charge in [-0.05, 0) is 12.8 Å². The van der Waals surface area contributed by atoms with E-state index in [0.29, 0.717) is 6.42 Å². The zero-order chi connectivity index (χ0) is 23.9. The van der Waals surface area contributed by atoms with Crippen LogP contribution < -0.4 is 5.11 Å². The van der Waals surface area contributed by atoms with Gasteiger partial charge in [0.2, 0.25) is 0 Å². The summed E-state index contributed by atoms with van der Waals surface area (Å²) in [4.78, 5) is 36.3. The van der Waals surface area contributed by atoms with Crippen molar-refractivity contribution in [1.29, 1.82) is 0 Å². The second kappa shape index (κ2) is 16.1. The Labute approximate surface area is 188 Å². The van der Waals surface area contributed by atoms with Crippen molar-refractivity contribution >= 4 is 17.9 Å². The first-order valence-corrected chi connectivity index (χ1v) is 12.3. The van der Waals surface area contributed by atoms with Crippen molar-refractivity contribution in [1.82, 2.24) is 0 Å². The van der Waals surface area contributed by atoms with Crippen molar-refractivity contribution in [3.8, 4) is 0 Å². The molecular formula is C24H45NO6. The number of rotatable bonds is 20. The van der Waals surface area contributed by atoms with E-state index in [1.165, 1.54) is 38.5 Å². The van der Waals surface area contributed by atoms with Gasteiger partial charge in [0, 0.05) is 19.3 Å². The Morgan fingerprint density at radius 2 is 1.00 bits per heavy atom. The predicted molar refractivity (Wildman–Crippen MR) is 119 cm³/mol. The smallest absolute Gasteiger partial charge is 0.362 e. The van der Waals surface area contributed by atoms with E-state index < -0.39 is 40.5 Å². The standard InChI is InChI=1S/C24H45NO6/c1-5-9-10-11-12-13-14-15-16-17-18-25(19(6-2)22(26)27,20(7-3)23(28)29)21(8-4)24(30)31/h19-21H,5-18H2,1-4H3,(H2-,26,27,28,29,30,31). The molecule has 0 aromatic carbocycles. The summed E-state index contributed by atoms with van der Waals surface area (Å²) in [7, 11) is 0. The number of aliphatic carboxylic acids is 3. The van der Waals surface area contributed by atoms with E-state index in [1.54, 1.807) is 20.8 Å². The number of hydrogen-bond donors (Lipinski definition) is 2. The molecule has 3 unspecified atom stereocenters. The van der Waals surface area contributed by atoms with Crippen LogP contribution in [0.2, 0.25) is 0 Å². The maximum absolute atomic E-state index is 12.1. The molecule has 0 bridgehead atoms. The van der Waals surface area contributed by atoms with Crippen LogP contribution in [0.15, 0.2) is 0 Å². The average molecular weight is 444 g/mol. The van der Waals surface area contributed by atoms with E-state index in [0.717, 1.165) is 19.3 Å². The SMILES string of the molecule is CCCCCCCCCCCC[N+](C(CC)C(=O)[O-])(C(CC)C(=O)O)C(CC)C(=O)O. The van der Waals surface area contributed by atoms with Crippen molar-refractivity contribution in [3.63, 3.8) is 0 Å². The number of carboxylic acids is 3. The fraction of sp³-hybridized carbons (Fsp3) is 0.875. The summed E-state index contributed by atoms with van der Waals surface area (Å²) in [6, 6.07) is -3.36. The Morgan fingerprint density at radius 3 is 1.29 bits per heavy atom. The minimum absolute atomic E-state index is 0.133. The van der Waals surface area contributed by atoms with Crippen LogP contribution in [0.4, 0.5) is 0 Å². The van der Waals surface area contributed by atoms with E-state index in [1.807, 2.05) is 0 Å². The molecule has 3 atom stereocenters. The Balaban J connectivity index is 5.41. The molecule has 0 heterocycles. The maximum atomic E-state index is 12.1. The molecule has 0 rings (SSSR count).